The summed E-state index contributed by atoms with van der Waals surface area (Å²) < 4.78 is 0. The highest BCUT2D eigenvalue weighted by Crippen LogP contribution is 2.11. The molecule has 1 atom stereocenters. The molecule has 1 aromatic heterocycles. The molecule has 0 saturated carbocycles. The molecule has 0 spiro atoms. The first-order valence-corrected chi connectivity index (χ1v) is 5.89. The number of ketones is 1. The summed E-state index contributed by atoms with van der Waals surface area (Å²) in [4.78, 5) is 23.3. The second kappa shape index (κ2) is 6.02. The summed E-state index contributed by atoms with van der Waals surface area (Å²) in [5, 5.41) is 20.2. The molecule has 1 aromatic carbocycles. The van der Waals surface area contributed by atoms with Gasteiger partial charge < -0.3 is 10.8 Å². The molecule has 3 N–H and O–H groups in total. The van der Waals surface area contributed by atoms with E-state index in [9.17, 15) is 9.59 Å². The van der Waals surface area contributed by atoms with Crippen LogP contribution in [0.4, 0.5) is 0 Å². The Bertz CT molecular complexity index is 611. The molecular formula is C12H13N5O3. The number of carboxylic acid groups (broad SMARTS) is 1. The van der Waals surface area contributed by atoms with Gasteiger partial charge in [0.15, 0.2) is 5.78 Å². The molecule has 0 fully saturated rings. The van der Waals surface area contributed by atoms with Crippen LogP contribution in [0, 0.1) is 0 Å². The fourth-order valence-electron chi connectivity index (χ4n) is 1.57. The van der Waals surface area contributed by atoms with Crippen LogP contribution in [0.15, 0.2) is 30.3 Å². The van der Waals surface area contributed by atoms with E-state index in [1.165, 1.54) is 0 Å². The highest BCUT2D eigenvalue weighted by Gasteiger charge is 2.18. The second-order valence-corrected chi connectivity index (χ2v) is 4.18. The number of hydrogen-bond donors (Lipinski definition) is 2. The van der Waals surface area contributed by atoms with E-state index in [1.807, 2.05) is 30.3 Å². The number of carbonyl (C=O) groups excluding carboxylic acids is 1. The van der Waals surface area contributed by atoms with Gasteiger partial charge in [-0.1, -0.05) is 30.3 Å². The molecular weight excluding hydrogens is 262 g/mol. The lowest BCUT2D eigenvalue weighted by molar-refractivity contribution is -0.139. The van der Waals surface area contributed by atoms with E-state index in [0.717, 1.165) is 10.4 Å². The topological polar surface area (TPSA) is 124 Å². The van der Waals surface area contributed by atoms with Crippen molar-refractivity contribution < 1.29 is 14.7 Å². The van der Waals surface area contributed by atoms with Crippen molar-refractivity contribution in [3.05, 3.63) is 30.3 Å². The molecule has 8 nitrogen and oxygen atoms in total. The highest BCUT2D eigenvalue weighted by molar-refractivity contribution is 5.87. The van der Waals surface area contributed by atoms with Crippen molar-refractivity contribution in [2.75, 3.05) is 0 Å². The van der Waals surface area contributed by atoms with E-state index in [2.05, 4.69) is 15.4 Å². The van der Waals surface area contributed by atoms with E-state index in [-0.39, 0.29) is 6.54 Å². The molecule has 0 aliphatic carbocycles. The molecule has 1 unspecified atom stereocenters. The average Bonchev–Trinajstić information content (AvgIpc) is 2.87. The minimum absolute atomic E-state index is 0.200. The number of aromatic nitrogens is 4. The van der Waals surface area contributed by atoms with Gasteiger partial charge >= 0.3 is 5.97 Å². The number of tetrazole rings is 1. The summed E-state index contributed by atoms with van der Waals surface area (Å²) >= 11 is 0. The van der Waals surface area contributed by atoms with Gasteiger partial charge in [0.1, 0.15) is 6.54 Å². The van der Waals surface area contributed by atoms with Crippen LogP contribution >= 0.6 is 0 Å². The first-order valence-electron chi connectivity index (χ1n) is 5.89. The average molecular weight is 275 g/mol. The molecule has 0 bridgehead atoms. The molecule has 20 heavy (non-hydrogen) atoms. The predicted molar refractivity (Wildman–Crippen MR) is 68.5 cm³/mol. The fourth-order valence-corrected chi connectivity index (χ4v) is 1.57. The molecule has 104 valence electrons. The van der Waals surface area contributed by atoms with Crippen LogP contribution in [0.2, 0.25) is 0 Å². The van der Waals surface area contributed by atoms with Crippen LogP contribution < -0.4 is 5.73 Å². The van der Waals surface area contributed by atoms with Gasteiger partial charge in [0, 0.05) is 5.56 Å². The molecule has 0 radical (unpaired) electrons. The van der Waals surface area contributed by atoms with Crippen molar-refractivity contribution in [3.8, 4) is 11.4 Å². The Labute approximate surface area is 114 Å². The number of hydrogen-bond acceptors (Lipinski definition) is 6. The van der Waals surface area contributed by atoms with Gasteiger partial charge in [-0.15, -0.1) is 10.2 Å². The molecule has 0 saturated heterocycles. The summed E-state index contributed by atoms with van der Waals surface area (Å²) in [5.41, 5.74) is 6.24. The van der Waals surface area contributed by atoms with E-state index < -0.39 is 24.2 Å². The maximum atomic E-state index is 11.7. The van der Waals surface area contributed by atoms with Gasteiger partial charge in [-0.3, -0.25) is 9.59 Å². The molecule has 0 amide bonds. The van der Waals surface area contributed by atoms with Gasteiger partial charge in [-0.2, -0.15) is 4.80 Å². The van der Waals surface area contributed by atoms with E-state index in [1.54, 1.807) is 0 Å². The minimum atomic E-state index is -1.12. The molecule has 0 aliphatic rings. The van der Waals surface area contributed by atoms with Crippen LogP contribution in [-0.2, 0) is 16.1 Å². The van der Waals surface area contributed by atoms with Crippen molar-refractivity contribution in [1.82, 2.24) is 20.2 Å². The van der Waals surface area contributed by atoms with Crippen molar-refractivity contribution in [1.29, 1.82) is 0 Å². The highest BCUT2D eigenvalue weighted by atomic mass is 16.4. The lowest BCUT2D eigenvalue weighted by atomic mass is 10.1. The van der Waals surface area contributed by atoms with Crippen LogP contribution in [-0.4, -0.2) is 43.1 Å². The van der Waals surface area contributed by atoms with Crippen LogP contribution in [0.25, 0.3) is 11.4 Å². The summed E-state index contributed by atoms with van der Waals surface area (Å²) in [7, 11) is 0. The maximum absolute atomic E-state index is 11.7. The molecule has 2 rings (SSSR count). The quantitative estimate of drug-likeness (QED) is 0.742. The zero-order valence-electron chi connectivity index (χ0n) is 10.5. The van der Waals surface area contributed by atoms with Gasteiger partial charge in [0.05, 0.1) is 12.5 Å². The Morgan fingerprint density at radius 3 is 2.65 bits per heavy atom. The van der Waals surface area contributed by atoms with Gasteiger partial charge in [-0.25, -0.2) is 0 Å². The second-order valence-electron chi connectivity index (χ2n) is 4.18. The third-order valence-electron chi connectivity index (χ3n) is 2.59. The predicted octanol–water partition coefficient (Wildman–Crippen LogP) is -0.289. The first kappa shape index (κ1) is 13.8. The third kappa shape index (κ3) is 3.45. The zero-order valence-corrected chi connectivity index (χ0v) is 10.5. The fraction of sp³-hybridized carbons (Fsp3) is 0.250. The van der Waals surface area contributed by atoms with Crippen LogP contribution in [0.1, 0.15) is 6.42 Å². The number of carbonyl (C=O) groups is 2. The van der Waals surface area contributed by atoms with Crippen LogP contribution in [0.5, 0.6) is 0 Å². The summed E-state index contributed by atoms with van der Waals surface area (Å²) in [6.45, 7) is -0.200. The summed E-state index contributed by atoms with van der Waals surface area (Å²) in [6, 6.07) is 8.10. The molecule has 0 aliphatic heterocycles. The Balaban J connectivity index is 2.03. The summed E-state index contributed by atoms with van der Waals surface area (Å²) in [6.07, 6.45) is -0.418. The van der Waals surface area contributed by atoms with Crippen molar-refractivity contribution in [2.45, 2.75) is 19.0 Å². The smallest absolute Gasteiger partial charge is 0.305 e. The van der Waals surface area contributed by atoms with Gasteiger partial charge in [-0.05, 0) is 5.21 Å². The van der Waals surface area contributed by atoms with E-state index in [4.69, 9.17) is 10.8 Å². The number of benzene rings is 1. The lowest BCUT2D eigenvalue weighted by Crippen LogP contribution is -2.35. The van der Waals surface area contributed by atoms with Crippen molar-refractivity contribution in [2.24, 2.45) is 5.73 Å². The number of Topliss-reactive ketones (excluding diaryl/α,β-unsaturated/α-hetero) is 1. The monoisotopic (exact) mass is 275 g/mol. The first-order chi connectivity index (χ1) is 9.56. The maximum Gasteiger partial charge on any atom is 0.305 e. The Morgan fingerprint density at radius 1 is 1.30 bits per heavy atom. The lowest BCUT2D eigenvalue weighted by Gasteiger charge is -2.06. The summed E-state index contributed by atoms with van der Waals surface area (Å²) in [5.74, 6) is -1.18. The number of rotatable bonds is 6. The largest absolute Gasteiger partial charge is 0.481 e. The number of nitrogens with zero attached hydrogens (tertiary/aromatic N) is 4. The normalized spacial score (nSPS) is 12.1. The number of nitrogens with two attached hydrogens (primary N) is 1. The van der Waals surface area contributed by atoms with Crippen molar-refractivity contribution in [3.63, 3.8) is 0 Å². The van der Waals surface area contributed by atoms with Gasteiger partial charge in [0.25, 0.3) is 0 Å². The molecule has 8 heteroatoms. The van der Waals surface area contributed by atoms with Crippen molar-refractivity contribution >= 4 is 11.8 Å². The minimum Gasteiger partial charge on any atom is -0.481 e. The SMILES string of the molecule is NC(CC(=O)O)C(=O)Cn1nnc(-c2ccccc2)n1. The van der Waals surface area contributed by atoms with Crippen LogP contribution in [0.3, 0.4) is 0 Å². The Morgan fingerprint density at radius 2 is 2.00 bits per heavy atom. The molecule has 2 aromatic rings. The third-order valence-corrected chi connectivity index (χ3v) is 2.59. The molecule has 1 heterocycles. The number of carboxylic acids is 1. The zero-order chi connectivity index (χ0) is 14.5. The van der Waals surface area contributed by atoms with E-state index >= 15 is 0 Å². The standard InChI is InChI=1S/C12H13N5O3/c13-9(6-11(19)20)10(18)7-17-15-12(14-16-17)8-4-2-1-3-5-8/h1-5,9H,6-7,13H2,(H,19,20). The Kier molecular flexibility index (Phi) is 4.16. The number of aliphatic carboxylic acids is 1. The van der Waals surface area contributed by atoms with Gasteiger partial charge in [0.2, 0.25) is 5.82 Å². The Hall–Kier alpha value is -2.61. The van der Waals surface area contributed by atoms with E-state index in [0.29, 0.717) is 5.82 Å².